The van der Waals surface area contributed by atoms with Crippen LogP contribution in [0.15, 0.2) is 36.5 Å². The molecule has 2 aliphatic rings. The molecule has 1 N–H and O–H groups in total. The topological polar surface area (TPSA) is 82.6 Å². The molecule has 1 aromatic carbocycles. The Hall–Kier alpha value is -2.96. The van der Waals surface area contributed by atoms with Gasteiger partial charge in [0, 0.05) is 24.7 Å². The minimum Gasteiger partial charge on any atom is -0.334 e. The number of piperazine rings is 1. The van der Waals surface area contributed by atoms with Gasteiger partial charge in [-0.1, -0.05) is 18.2 Å². The zero-order chi connectivity index (χ0) is 16.0. The van der Waals surface area contributed by atoms with E-state index in [0.29, 0.717) is 18.7 Å². The second kappa shape index (κ2) is 5.05. The largest absolute Gasteiger partial charge is 0.334 e. The predicted molar refractivity (Wildman–Crippen MR) is 81.7 cm³/mol. The first-order chi connectivity index (χ1) is 11.1. The maximum Gasteiger partial charge on any atom is 0.324 e. The highest BCUT2D eigenvalue weighted by molar-refractivity contribution is 6.07. The fraction of sp³-hybridized carbons (Fsp3) is 0.250. The Balaban J connectivity index is 1.64. The fourth-order valence-corrected chi connectivity index (χ4v) is 3.15. The summed E-state index contributed by atoms with van der Waals surface area (Å²) in [5.41, 5.74) is 1.32. The van der Waals surface area contributed by atoms with Crippen LogP contribution in [0.3, 0.4) is 0 Å². The molecule has 2 saturated heterocycles. The minimum absolute atomic E-state index is 0.143. The van der Waals surface area contributed by atoms with Crippen molar-refractivity contribution >= 4 is 28.7 Å². The van der Waals surface area contributed by atoms with Gasteiger partial charge in [0.1, 0.15) is 6.04 Å². The van der Waals surface area contributed by atoms with E-state index < -0.39 is 6.04 Å². The number of nitrogens with zero attached hydrogens (tertiary/aromatic N) is 3. The van der Waals surface area contributed by atoms with Crippen molar-refractivity contribution in [3.05, 3.63) is 42.1 Å². The zero-order valence-corrected chi connectivity index (χ0v) is 12.2. The second-order valence-corrected chi connectivity index (χ2v) is 5.63. The fourth-order valence-electron chi connectivity index (χ4n) is 3.15. The lowest BCUT2D eigenvalue weighted by atomic mass is 10.1. The first kappa shape index (κ1) is 13.7. The van der Waals surface area contributed by atoms with E-state index in [1.165, 1.54) is 4.90 Å². The highest BCUT2D eigenvalue weighted by Crippen LogP contribution is 2.21. The number of imide groups is 1. The molecule has 1 aromatic heterocycles. The predicted octanol–water partition coefficient (Wildman–Crippen LogP) is 0.611. The number of hydrogen-bond donors (Lipinski definition) is 1. The second-order valence-electron chi connectivity index (χ2n) is 5.63. The Kier molecular flexibility index (Phi) is 3.00. The average molecular weight is 310 g/mol. The van der Waals surface area contributed by atoms with Gasteiger partial charge in [-0.2, -0.15) is 0 Å². The number of fused-ring (bicyclic) bond motifs is 2. The van der Waals surface area contributed by atoms with Crippen LogP contribution in [0.5, 0.6) is 0 Å². The third-order valence-corrected chi connectivity index (χ3v) is 4.34. The van der Waals surface area contributed by atoms with Crippen LogP contribution in [-0.2, 0) is 4.79 Å². The third-order valence-electron chi connectivity index (χ3n) is 4.34. The molecule has 4 rings (SSSR count). The summed E-state index contributed by atoms with van der Waals surface area (Å²) in [6.45, 7) is 0.983. The van der Waals surface area contributed by atoms with Gasteiger partial charge >= 0.3 is 6.03 Å². The van der Waals surface area contributed by atoms with Crippen molar-refractivity contribution < 1.29 is 14.4 Å². The number of amides is 4. The van der Waals surface area contributed by atoms with Crippen LogP contribution < -0.4 is 5.32 Å². The molecule has 2 aliphatic heterocycles. The molecule has 23 heavy (non-hydrogen) atoms. The minimum atomic E-state index is -0.590. The lowest BCUT2D eigenvalue weighted by Gasteiger charge is -2.35. The molecule has 2 fully saturated rings. The van der Waals surface area contributed by atoms with Crippen molar-refractivity contribution in [2.75, 3.05) is 19.6 Å². The van der Waals surface area contributed by atoms with Crippen LogP contribution in [0.25, 0.3) is 10.9 Å². The summed E-state index contributed by atoms with van der Waals surface area (Å²) in [4.78, 5) is 43.7. The van der Waals surface area contributed by atoms with Crippen LogP contribution in [0.2, 0.25) is 0 Å². The van der Waals surface area contributed by atoms with E-state index in [1.807, 2.05) is 24.3 Å². The summed E-state index contributed by atoms with van der Waals surface area (Å²) in [6.07, 6.45) is 1.61. The Morgan fingerprint density at radius 2 is 2.00 bits per heavy atom. The lowest BCUT2D eigenvalue weighted by Crippen LogP contribution is -2.54. The smallest absolute Gasteiger partial charge is 0.324 e. The summed E-state index contributed by atoms with van der Waals surface area (Å²) in [5.74, 6) is -0.484. The normalized spacial score (nSPS) is 20.6. The SMILES string of the molecule is O=C1NC(=O)N2CCN(C(=O)c3ccnc4ccccc34)CC12. The monoisotopic (exact) mass is 310 g/mol. The number of pyridine rings is 1. The molecule has 0 radical (unpaired) electrons. The van der Waals surface area contributed by atoms with E-state index in [1.54, 1.807) is 17.2 Å². The van der Waals surface area contributed by atoms with E-state index in [0.717, 1.165) is 10.9 Å². The Bertz CT molecular complexity index is 830. The molecule has 4 amide bonds. The summed E-state index contributed by atoms with van der Waals surface area (Å²) >= 11 is 0. The van der Waals surface area contributed by atoms with Gasteiger partial charge in [-0.05, 0) is 12.1 Å². The molecule has 7 nitrogen and oxygen atoms in total. The third kappa shape index (κ3) is 2.12. The van der Waals surface area contributed by atoms with Crippen LogP contribution in [0.1, 0.15) is 10.4 Å². The van der Waals surface area contributed by atoms with E-state index in [4.69, 9.17) is 0 Å². The van der Waals surface area contributed by atoms with Gasteiger partial charge in [0.2, 0.25) is 0 Å². The molecular weight excluding hydrogens is 296 g/mol. The van der Waals surface area contributed by atoms with E-state index >= 15 is 0 Å². The maximum absolute atomic E-state index is 12.9. The van der Waals surface area contributed by atoms with Crippen LogP contribution >= 0.6 is 0 Å². The standard InChI is InChI=1S/C16H14N4O3/c21-14-13-9-19(7-8-20(13)16(23)18-14)15(22)11-5-6-17-12-4-2-1-3-10(11)12/h1-6,13H,7-9H2,(H,18,21,23). The molecule has 116 valence electrons. The number of benzene rings is 1. The van der Waals surface area contributed by atoms with Crippen molar-refractivity contribution in [1.29, 1.82) is 0 Å². The van der Waals surface area contributed by atoms with Gasteiger partial charge in [-0.15, -0.1) is 0 Å². The van der Waals surface area contributed by atoms with Gasteiger partial charge in [0.05, 0.1) is 17.6 Å². The number of aromatic nitrogens is 1. The first-order valence-electron chi connectivity index (χ1n) is 7.39. The number of urea groups is 1. The van der Waals surface area contributed by atoms with Crippen LogP contribution in [0.4, 0.5) is 4.79 Å². The highest BCUT2D eigenvalue weighted by Gasteiger charge is 2.43. The van der Waals surface area contributed by atoms with E-state index in [2.05, 4.69) is 10.3 Å². The van der Waals surface area contributed by atoms with Crippen LogP contribution in [0, 0.1) is 0 Å². The van der Waals surface area contributed by atoms with Crippen molar-refractivity contribution in [1.82, 2.24) is 20.1 Å². The Morgan fingerprint density at radius 3 is 2.87 bits per heavy atom. The number of para-hydroxylation sites is 1. The maximum atomic E-state index is 12.9. The number of hydrogen-bond acceptors (Lipinski definition) is 4. The van der Waals surface area contributed by atoms with Crippen molar-refractivity contribution in [2.24, 2.45) is 0 Å². The Morgan fingerprint density at radius 1 is 1.17 bits per heavy atom. The molecule has 0 spiro atoms. The lowest BCUT2D eigenvalue weighted by molar-refractivity contribution is -0.122. The summed E-state index contributed by atoms with van der Waals surface area (Å²) < 4.78 is 0. The van der Waals surface area contributed by atoms with E-state index in [-0.39, 0.29) is 24.4 Å². The van der Waals surface area contributed by atoms with Gasteiger partial charge < -0.3 is 9.80 Å². The molecule has 1 atom stereocenters. The molecule has 7 heteroatoms. The molecular formula is C16H14N4O3. The highest BCUT2D eigenvalue weighted by atomic mass is 16.2. The molecule has 0 bridgehead atoms. The number of rotatable bonds is 1. The number of carbonyl (C=O) groups is 3. The Labute approximate surface area is 131 Å². The quantitative estimate of drug-likeness (QED) is 0.782. The summed E-state index contributed by atoms with van der Waals surface area (Å²) in [5, 5.41) is 3.07. The molecule has 0 saturated carbocycles. The van der Waals surface area contributed by atoms with Gasteiger partial charge in [0.25, 0.3) is 11.8 Å². The van der Waals surface area contributed by atoms with Crippen LogP contribution in [-0.4, -0.2) is 58.3 Å². The molecule has 1 unspecified atom stereocenters. The zero-order valence-electron chi connectivity index (χ0n) is 12.2. The van der Waals surface area contributed by atoms with E-state index in [9.17, 15) is 14.4 Å². The summed E-state index contributed by atoms with van der Waals surface area (Å²) in [6, 6.07) is 8.18. The van der Waals surface area contributed by atoms with Crippen molar-refractivity contribution in [3.63, 3.8) is 0 Å². The number of carbonyl (C=O) groups excluding carboxylic acids is 3. The summed E-state index contributed by atoms with van der Waals surface area (Å²) in [7, 11) is 0. The van der Waals surface area contributed by atoms with Crippen molar-refractivity contribution in [3.8, 4) is 0 Å². The molecule has 2 aromatic rings. The van der Waals surface area contributed by atoms with Gasteiger partial charge in [-0.3, -0.25) is 19.9 Å². The molecule has 3 heterocycles. The van der Waals surface area contributed by atoms with Gasteiger partial charge in [0.15, 0.2) is 0 Å². The number of nitrogens with one attached hydrogen (secondary N) is 1. The average Bonchev–Trinajstić information content (AvgIpc) is 2.87. The molecule has 0 aliphatic carbocycles. The van der Waals surface area contributed by atoms with Gasteiger partial charge in [-0.25, -0.2) is 4.79 Å². The first-order valence-corrected chi connectivity index (χ1v) is 7.39. The van der Waals surface area contributed by atoms with Crippen molar-refractivity contribution in [2.45, 2.75) is 6.04 Å².